The van der Waals surface area contributed by atoms with E-state index in [0.29, 0.717) is 15.7 Å². The summed E-state index contributed by atoms with van der Waals surface area (Å²) >= 11 is 11.6. The topological polar surface area (TPSA) is 87.7 Å². The number of benzene rings is 1. The molecule has 0 aliphatic carbocycles. The van der Waals surface area contributed by atoms with Crippen molar-refractivity contribution >= 4 is 40.9 Å². The van der Waals surface area contributed by atoms with Crippen molar-refractivity contribution in [1.82, 2.24) is 5.32 Å². The monoisotopic (exact) mass is 320 g/mol. The van der Waals surface area contributed by atoms with Crippen LogP contribution in [0.5, 0.6) is 0 Å². The molecule has 0 saturated heterocycles. The summed E-state index contributed by atoms with van der Waals surface area (Å²) in [5.74, 6) is -1.14. The van der Waals surface area contributed by atoms with Crippen LogP contribution in [-0.2, 0) is 9.53 Å². The molecule has 0 heterocycles. The first-order valence-electron chi connectivity index (χ1n) is 5.67. The minimum absolute atomic E-state index is 0.162. The van der Waals surface area contributed by atoms with Crippen LogP contribution in [-0.4, -0.2) is 36.9 Å². The number of amides is 2. The van der Waals surface area contributed by atoms with E-state index in [1.165, 1.54) is 25.3 Å². The lowest BCUT2D eigenvalue weighted by atomic mass is 10.2. The van der Waals surface area contributed by atoms with E-state index in [4.69, 9.17) is 33.0 Å². The van der Waals surface area contributed by atoms with Crippen LogP contribution in [0.3, 0.4) is 0 Å². The van der Waals surface area contributed by atoms with Crippen molar-refractivity contribution in [2.24, 2.45) is 0 Å². The number of carbonyl (C=O) groups excluding carboxylic acids is 1. The zero-order valence-corrected chi connectivity index (χ0v) is 12.2. The molecule has 0 spiro atoms. The van der Waals surface area contributed by atoms with Gasteiger partial charge in [-0.05, 0) is 18.2 Å². The van der Waals surface area contributed by atoms with Crippen LogP contribution in [0.1, 0.15) is 6.42 Å². The van der Waals surface area contributed by atoms with Crippen LogP contribution in [0.2, 0.25) is 10.0 Å². The fraction of sp³-hybridized carbons (Fsp3) is 0.333. The van der Waals surface area contributed by atoms with Crippen molar-refractivity contribution in [3.63, 3.8) is 0 Å². The molecule has 1 atom stereocenters. The lowest BCUT2D eigenvalue weighted by Crippen LogP contribution is -2.43. The maximum Gasteiger partial charge on any atom is 0.326 e. The lowest BCUT2D eigenvalue weighted by Gasteiger charge is -2.15. The number of hydrogen-bond acceptors (Lipinski definition) is 3. The third-order valence-electron chi connectivity index (χ3n) is 2.33. The molecule has 1 unspecified atom stereocenters. The molecule has 2 amide bonds. The number of methoxy groups -OCH3 is 1. The summed E-state index contributed by atoms with van der Waals surface area (Å²) < 4.78 is 4.78. The van der Waals surface area contributed by atoms with Crippen LogP contribution in [0.15, 0.2) is 18.2 Å². The van der Waals surface area contributed by atoms with Gasteiger partial charge in [-0.1, -0.05) is 23.2 Å². The van der Waals surface area contributed by atoms with Gasteiger partial charge in [-0.2, -0.15) is 0 Å². The highest BCUT2D eigenvalue weighted by molar-refractivity contribution is 6.35. The van der Waals surface area contributed by atoms with Crippen molar-refractivity contribution < 1.29 is 19.4 Å². The summed E-state index contributed by atoms with van der Waals surface area (Å²) in [4.78, 5) is 22.7. The van der Waals surface area contributed by atoms with Crippen molar-refractivity contribution in [1.29, 1.82) is 0 Å². The molecule has 8 heteroatoms. The maximum absolute atomic E-state index is 11.7. The number of anilines is 1. The molecule has 0 fully saturated rings. The van der Waals surface area contributed by atoms with Crippen molar-refractivity contribution in [2.45, 2.75) is 12.5 Å². The largest absolute Gasteiger partial charge is 0.480 e. The van der Waals surface area contributed by atoms with E-state index < -0.39 is 18.0 Å². The van der Waals surface area contributed by atoms with E-state index in [1.54, 1.807) is 0 Å². The molecule has 110 valence electrons. The number of hydrogen-bond donors (Lipinski definition) is 3. The third-order valence-corrected chi connectivity index (χ3v) is 2.77. The summed E-state index contributed by atoms with van der Waals surface area (Å²) in [6, 6.07) is 2.82. The Bertz CT molecular complexity index is 476. The summed E-state index contributed by atoms with van der Waals surface area (Å²) in [6.45, 7) is 0.222. The van der Waals surface area contributed by atoms with E-state index >= 15 is 0 Å². The number of carboxylic acids is 1. The number of carboxylic acid groups (broad SMARTS) is 1. The molecule has 3 N–H and O–H groups in total. The number of ether oxygens (including phenoxy) is 1. The fourth-order valence-electron chi connectivity index (χ4n) is 1.44. The molecule has 20 heavy (non-hydrogen) atoms. The van der Waals surface area contributed by atoms with Gasteiger partial charge in [-0.25, -0.2) is 9.59 Å². The van der Waals surface area contributed by atoms with Crippen molar-refractivity contribution in [3.05, 3.63) is 28.2 Å². The number of carbonyl (C=O) groups is 2. The van der Waals surface area contributed by atoms with Crippen molar-refractivity contribution in [3.8, 4) is 0 Å². The molecular formula is C12H14Cl2N2O4. The minimum Gasteiger partial charge on any atom is -0.480 e. The number of urea groups is 1. The first kappa shape index (κ1) is 16.6. The number of aliphatic carboxylic acids is 1. The molecule has 0 saturated carbocycles. The highest BCUT2D eigenvalue weighted by atomic mass is 35.5. The summed E-state index contributed by atoms with van der Waals surface area (Å²) in [5.41, 5.74) is 0.371. The van der Waals surface area contributed by atoms with Crippen LogP contribution < -0.4 is 10.6 Å². The third kappa shape index (κ3) is 5.64. The fourth-order valence-corrected chi connectivity index (χ4v) is 1.97. The molecule has 0 aromatic heterocycles. The van der Waals surface area contributed by atoms with Gasteiger partial charge in [0.05, 0.1) is 0 Å². The molecule has 1 aromatic rings. The predicted octanol–water partition coefficient (Wildman–Crippen LogP) is 2.60. The predicted molar refractivity (Wildman–Crippen MR) is 76.5 cm³/mol. The Morgan fingerprint density at radius 2 is 1.90 bits per heavy atom. The number of nitrogens with one attached hydrogen (secondary N) is 2. The average molecular weight is 321 g/mol. The SMILES string of the molecule is COCCC(NC(=O)Nc1cc(Cl)cc(Cl)c1)C(=O)O. The van der Waals surface area contributed by atoms with Crippen LogP contribution in [0.25, 0.3) is 0 Å². The summed E-state index contributed by atoms with van der Waals surface area (Å²) in [7, 11) is 1.45. The van der Waals surface area contributed by atoms with Gasteiger partial charge in [-0.3, -0.25) is 0 Å². The first-order chi connectivity index (χ1) is 9.42. The number of rotatable bonds is 6. The second-order valence-electron chi connectivity index (χ2n) is 3.93. The van der Waals surface area contributed by atoms with Gasteiger partial charge in [-0.15, -0.1) is 0 Å². The van der Waals surface area contributed by atoms with E-state index in [-0.39, 0.29) is 13.0 Å². The molecule has 0 aliphatic rings. The van der Waals surface area contributed by atoms with Gasteiger partial charge in [0.25, 0.3) is 0 Å². The molecule has 6 nitrogen and oxygen atoms in total. The van der Waals surface area contributed by atoms with E-state index in [2.05, 4.69) is 10.6 Å². The molecular weight excluding hydrogens is 307 g/mol. The Kier molecular flexibility index (Phi) is 6.57. The van der Waals surface area contributed by atoms with E-state index in [1.807, 2.05) is 0 Å². The Morgan fingerprint density at radius 3 is 2.40 bits per heavy atom. The maximum atomic E-state index is 11.7. The first-order valence-corrected chi connectivity index (χ1v) is 6.43. The standard InChI is InChI=1S/C12H14Cl2N2O4/c1-20-3-2-10(11(17)18)16-12(19)15-9-5-7(13)4-8(14)6-9/h4-6,10H,2-3H2,1H3,(H,17,18)(H2,15,16,19). The van der Waals surface area contributed by atoms with Crippen molar-refractivity contribution in [2.75, 3.05) is 19.0 Å². The Labute approximate surface area is 126 Å². The lowest BCUT2D eigenvalue weighted by molar-refractivity contribution is -0.139. The van der Waals surface area contributed by atoms with Gasteiger partial charge in [0.15, 0.2) is 0 Å². The zero-order chi connectivity index (χ0) is 15.1. The van der Waals surface area contributed by atoms with E-state index in [9.17, 15) is 9.59 Å². The Balaban J connectivity index is 2.63. The molecule has 0 radical (unpaired) electrons. The quantitative estimate of drug-likeness (QED) is 0.751. The van der Waals surface area contributed by atoms with Gasteiger partial charge in [0.2, 0.25) is 0 Å². The minimum atomic E-state index is -1.14. The number of halogens is 2. The smallest absolute Gasteiger partial charge is 0.326 e. The highest BCUT2D eigenvalue weighted by Crippen LogP contribution is 2.22. The van der Waals surface area contributed by atoms with Crippen LogP contribution in [0.4, 0.5) is 10.5 Å². The van der Waals surface area contributed by atoms with E-state index in [0.717, 1.165) is 0 Å². The van der Waals surface area contributed by atoms with Gasteiger partial charge < -0.3 is 20.5 Å². The van der Waals surface area contributed by atoms with Gasteiger partial charge >= 0.3 is 12.0 Å². The second kappa shape index (κ2) is 7.94. The second-order valence-corrected chi connectivity index (χ2v) is 4.80. The zero-order valence-electron chi connectivity index (χ0n) is 10.7. The molecule has 0 aliphatic heterocycles. The normalized spacial score (nSPS) is 11.8. The summed E-state index contributed by atoms with van der Waals surface area (Å²) in [5, 5.41) is 14.5. The highest BCUT2D eigenvalue weighted by Gasteiger charge is 2.19. The molecule has 1 aromatic carbocycles. The average Bonchev–Trinajstić information content (AvgIpc) is 2.32. The van der Waals surface area contributed by atoms with Gasteiger partial charge in [0, 0.05) is 35.9 Å². The van der Waals surface area contributed by atoms with Gasteiger partial charge in [0.1, 0.15) is 6.04 Å². The molecule has 1 rings (SSSR count). The van der Waals surface area contributed by atoms with Crippen LogP contribution in [0, 0.1) is 0 Å². The van der Waals surface area contributed by atoms with Crippen LogP contribution >= 0.6 is 23.2 Å². The summed E-state index contributed by atoms with van der Waals surface area (Å²) in [6.07, 6.45) is 0.162. The Hall–Kier alpha value is -1.50. The Morgan fingerprint density at radius 1 is 1.30 bits per heavy atom. The molecule has 0 bridgehead atoms.